The molecule has 0 heterocycles. The first kappa shape index (κ1) is 20.0. The van der Waals surface area contributed by atoms with Crippen LogP contribution in [0.1, 0.15) is 37.3 Å². The molecule has 0 aromatic heterocycles. The maximum Gasteiger partial charge on any atom is 0.416 e. The average Bonchev–Trinajstić information content (AvgIpc) is 2.64. The number of nitrogens with one attached hydrogen (secondary N) is 1. The Hall–Kier alpha value is -2.34. The highest BCUT2D eigenvalue weighted by Crippen LogP contribution is 2.31. The van der Waals surface area contributed by atoms with E-state index in [4.69, 9.17) is 5.73 Å². The molecule has 2 aromatic carbocycles. The number of unbranched alkanes of at least 4 members (excludes halogenated alkanes) is 1. The van der Waals surface area contributed by atoms with Crippen LogP contribution in [0.2, 0.25) is 0 Å². The van der Waals surface area contributed by atoms with Crippen molar-refractivity contribution in [1.82, 2.24) is 5.32 Å². The molecular formula is C20H23F3N2O. The highest BCUT2D eigenvalue weighted by atomic mass is 19.4. The maximum absolute atomic E-state index is 12.6. The lowest BCUT2D eigenvalue weighted by atomic mass is 10.0. The fraction of sp³-hybridized carbons (Fsp3) is 0.350. The van der Waals surface area contributed by atoms with E-state index in [2.05, 4.69) is 5.32 Å². The highest BCUT2D eigenvalue weighted by Gasteiger charge is 2.29. The van der Waals surface area contributed by atoms with Crippen molar-refractivity contribution >= 4 is 5.91 Å². The first-order valence-corrected chi connectivity index (χ1v) is 8.61. The maximum atomic E-state index is 12.6. The van der Waals surface area contributed by atoms with Gasteiger partial charge in [-0.15, -0.1) is 0 Å². The fourth-order valence-corrected chi connectivity index (χ4v) is 2.54. The third kappa shape index (κ3) is 5.59. The summed E-state index contributed by atoms with van der Waals surface area (Å²) in [5.41, 5.74) is 7.57. The van der Waals surface area contributed by atoms with E-state index in [1.54, 1.807) is 0 Å². The molecular weight excluding hydrogens is 341 g/mol. The second kappa shape index (κ2) is 8.85. The Morgan fingerprint density at radius 1 is 1.04 bits per heavy atom. The average molecular weight is 364 g/mol. The molecule has 0 spiro atoms. The van der Waals surface area contributed by atoms with E-state index in [-0.39, 0.29) is 5.91 Å². The van der Waals surface area contributed by atoms with Crippen LogP contribution in [0.4, 0.5) is 13.2 Å². The van der Waals surface area contributed by atoms with Gasteiger partial charge in [0.25, 0.3) is 0 Å². The van der Waals surface area contributed by atoms with Crippen LogP contribution in [0, 0.1) is 0 Å². The van der Waals surface area contributed by atoms with Crippen molar-refractivity contribution < 1.29 is 18.0 Å². The minimum absolute atomic E-state index is 0.176. The number of benzene rings is 2. The molecule has 0 fully saturated rings. The summed E-state index contributed by atoms with van der Waals surface area (Å²) in [5, 5.41) is 2.80. The van der Waals surface area contributed by atoms with Crippen LogP contribution in [0.5, 0.6) is 0 Å². The van der Waals surface area contributed by atoms with Gasteiger partial charge in [0.2, 0.25) is 5.91 Å². The summed E-state index contributed by atoms with van der Waals surface area (Å²) < 4.78 is 37.8. The van der Waals surface area contributed by atoms with Crippen LogP contribution in [-0.4, -0.2) is 11.9 Å². The third-order valence-corrected chi connectivity index (χ3v) is 4.17. The van der Waals surface area contributed by atoms with Crippen LogP contribution >= 0.6 is 0 Å². The molecule has 0 radical (unpaired) electrons. The van der Waals surface area contributed by atoms with Gasteiger partial charge < -0.3 is 11.1 Å². The van der Waals surface area contributed by atoms with Gasteiger partial charge in [0.1, 0.15) is 0 Å². The van der Waals surface area contributed by atoms with Gasteiger partial charge in [0.15, 0.2) is 0 Å². The number of alkyl halides is 3. The summed E-state index contributed by atoms with van der Waals surface area (Å²) in [5.74, 6) is -0.176. The van der Waals surface area contributed by atoms with Crippen molar-refractivity contribution in [2.24, 2.45) is 5.73 Å². The van der Waals surface area contributed by atoms with E-state index in [0.717, 1.165) is 36.1 Å². The Labute approximate surface area is 151 Å². The quantitative estimate of drug-likeness (QED) is 0.760. The van der Waals surface area contributed by atoms with Crippen molar-refractivity contribution in [2.75, 3.05) is 0 Å². The first-order valence-electron chi connectivity index (χ1n) is 8.61. The van der Waals surface area contributed by atoms with Gasteiger partial charge in [0, 0.05) is 6.54 Å². The van der Waals surface area contributed by atoms with Crippen LogP contribution < -0.4 is 11.1 Å². The number of hydrogen-bond donors (Lipinski definition) is 2. The second-order valence-electron chi connectivity index (χ2n) is 6.24. The summed E-state index contributed by atoms with van der Waals surface area (Å²) in [6.45, 7) is 2.41. The van der Waals surface area contributed by atoms with Crippen LogP contribution in [0.3, 0.4) is 0 Å². The van der Waals surface area contributed by atoms with Gasteiger partial charge in [-0.3, -0.25) is 4.79 Å². The van der Waals surface area contributed by atoms with Gasteiger partial charge in [-0.1, -0.05) is 56.2 Å². The van der Waals surface area contributed by atoms with Gasteiger partial charge >= 0.3 is 6.18 Å². The zero-order chi connectivity index (χ0) is 19.2. The van der Waals surface area contributed by atoms with E-state index in [1.807, 2.05) is 31.2 Å². The van der Waals surface area contributed by atoms with Crippen LogP contribution in [-0.2, 0) is 17.5 Å². The van der Waals surface area contributed by atoms with Crippen LogP contribution in [0.15, 0.2) is 48.5 Å². The van der Waals surface area contributed by atoms with Crippen molar-refractivity contribution in [3.8, 4) is 11.1 Å². The predicted octanol–water partition coefficient (Wildman–Crippen LogP) is 4.51. The van der Waals surface area contributed by atoms with Crippen LogP contribution in [0.25, 0.3) is 11.1 Å². The standard InChI is InChI=1S/C20H23F3N2O/c1-2-3-4-18(24)19(26)25-13-14-5-7-15(8-6-14)16-9-11-17(12-10-16)20(21,22)23/h5-12,18H,2-4,13,24H2,1H3,(H,25,26)/t18-/m0/s1. The lowest BCUT2D eigenvalue weighted by Gasteiger charge is -2.12. The lowest BCUT2D eigenvalue weighted by Crippen LogP contribution is -2.40. The summed E-state index contributed by atoms with van der Waals surface area (Å²) in [6.07, 6.45) is -1.77. The van der Waals surface area contributed by atoms with Crippen molar-refractivity contribution in [3.63, 3.8) is 0 Å². The molecule has 2 aromatic rings. The SMILES string of the molecule is CCCC[C@H](N)C(=O)NCc1ccc(-c2ccc(C(F)(F)F)cc2)cc1. The Morgan fingerprint density at radius 2 is 1.58 bits per heavy atom. The number of carbonyl (C=O) groups is 1. The predicted molar refractivity (Wildman–Crippen MR) is 96.2 cm³/mol. The minimum Gasteiger partial charge on any atom is -0.351 e. The molecule has 26 heavy (non-hydrogen) atoms. The van der Waals surface area contributed by atoms with Gasteiger partial charge in [-0.2, -0.15) is 13.2 Å². The molecule has 0 saturated carbocycles. The molecule has 1 atom stereocenters. The Bertz CT molecular complexity index is 709. The molecule has 1 amide bonds. The Balaban J connectivity index is 1.95. The summed E-state index contributed by atoms with van der Waals surface area (Å²) in [4.78, 5) is 11.9. The smallest absolute Gasteiger partial charge is 0.351 e. The van der Waals surface area contributed by atoms with Crippen molar-refractivity contribution in [3.05, 3.63) is 59.7 Å². The summed E-state index contributed by atoms with van der Waals surface area (Å²) in [7, 11) is 0. The van der Waals surface area contributed by atoms with E-state index in [0.29, 0.717) is 18.5 Å². The summed E-state index contributed by atoms with van der Waals surface area (Å²) in [6, 6.07) is 11.9. The monoisotopic (exact) mass is 364 g/mol. The molecule has 6 heteroatoms. The number of nitrogens with two attached hydrogens (primary N) is 1. The van der Waals surface area contributed by atoms with E-state index < -0.39 is 17.8 Å². The Morgan fingerprint density at radius 3 is 2.08 bits per heavy atom. The van der Waals surface area contributed by atoms with Crippen molar-refractivity contribution in [1.29, 1.82) is 0 Å². The topological polar surface area (TPSA) is 55.1 Å². The second-order valence-corrected chi connectivity index (χ2v) is 6.24. The highest BCUT2D eigenvalue weighted by molar-refractivity contribution is 5.81. The number of rotatable bonds is 7. The summed E-state index contributed by atoms with van der Waals surface area (Å²) >= 11 is 0. The van der Waals surface area contributed by atoms with E-state index in [1.165, 1.54) is 12.1 Å². The number of hydrogen-bond acceptors (Lipinski definition) is 2. The van der Waals surface area contributed by atoms with Crippen molar-refractivity contribution in [2.45, 2.75) is 44.9 Å². The molecule has 140 valence electrons. The molecule has 0 saturated heterocycles. The van der Waals surface area contributed by atoms with E-state index >= 15 is 0 Å². The zero-order valence-electron chi connectivity index (χ0n) is 14.6. The van der Waals surface area contributed by atoms with Gasteiger partial charge in [-0.05, 0) is 35.2 Å². The third-order valence-electron chi connectivity index (χ3n) is 4.17. The van der Waals surface area contributed by atoms with Gasteiger partial charge in [-0.25, -0.2) is 0 Å². The first-order chi connectivity index (χ1) is 12.3. The lowest BCUT2D eigenvalue weighted by molar-refractivity contribution is -0.137. The molecule has 3 N–H and O–H groups in total. The van der Waals surface area contributed by atoms with E-state index in [9.17, 15) is 18.0 Å². The molecule has 0 bridgehead atoms. The molecule has 3 nitrogen and oxygen atoms in total. The largest absolute Gasteiger partial charge is 0.416 e. The fourth-order valence-electron chi connectivity index (χ4n) is 2.54. The zero-order valence-corrected chi connectivity index (χ0v) is 14.6. The molecule has 0 aliphatic rings. The molecule has 0 unspecified atom stereocenters. The molecule has 0 aliphatic carbocycles. The number of carbonyl (C=O) groups excluding carboxylic acids is 1. The normalized spacial score (nSPS) is 12.7. The number of halogens is 3. The molecule has 0 aliphatic heterocycles. The Kier molecular flexibility index (Phi) is 6.80. The van der Waals surface area contributed by atoms with Gasteiger partial charge in [0.05, 0.1) is 11.6 Å². The minimum atomic E-state index is -4.33. The molecule has 2 rings (SSSR count). The number of amides is 1.